The lowest BCUT2D eigenvalue weighted by atomic mass is 10.0. The number of halogens is 1. The molecule has 8 nitrogen and oxygen atoms in total. The van der Waals surface area contributed by atoms with E-state index in [1.807, 2.05) is 68.4 Å². The molecule has 1 N–H and O–H groups in total. The maximum absolute atomic E-state index is 14.2. The summed E-state index contributed by atoms with van der Waals surface area (Å²) in [5, 5.41) is 2.98. The van der Waals surface area contributed by atoms with Crippen LogP contribution in [0.5, 0.6) is 5.75 Å². The van der Waals surface area contributed by atoms with E-state index in [2.05, 4.69) is 21.2 Å². The van der Waals surface area contributed by atoms with Gasteiger partial charge in [-0.05, 0) is 48.2 Å². The summed E-state index contributed by atoms with van der Waals surface area (Å²) in [7, 11) is -3.89. The molecular weight excluding hydrogens is 606 g/mol. The number of para-hydroxylation sites is 2. The molecule has 3 rings (SSSR count). The molecule has 41 heavy (non-hydrogen) atoms. The van der Waals surface area contributed by atoms with Crippen molar-refractivity contribution >= 4 is 43.5 Å². The lowest BCUT2D eigenvalue weighted by molar-refractivity contribution is -0.140. The van der Waals surface area contributed by atoms with Crippen molar-refractivity contribution in [2.45, 2.75) is 39.8 Å². The van der Waals surface area contributed by atoms with E-state index in [1.54, 1.807) is 31.2 Å². The van der Waals surface area contributed by atoms with E-state index in [9.17, 15) is 18.0 Å². The van der Waals surface area contributed by atoms with Gasteiger partial charge in [-0.2, -0.15) is 0 Å². The maximum atomic E-state index is 14.2. The molecule has 0 aromatic heterocycles. The Labute approximate surface area is 251 Å². The summed E-state index contributed by atoms with van der Waals surface area (Å²) in [6.45, 7) is 6.19. The molecule has 0 aliphatic carbocycles. The predicted octanol–water partition coefficient (Wildman–Crippen LogP) is 5.03. The lowest BCUT2D eigenvalue weighted by Crippen LogP contribution is -2.53. The molecule has 0 spiro atoms. The van der Waals surface area contributed by atoms with E-state index in [-0.39, 0.29) is 30.5 Å². The van der Waals surface area contributed by atoms with Crippen molar-refractivity contribution in [1.82, 2.24) is 10.2 Å². The van der Waals surface area contributed by atoms with Gasteiger partial charge in [0.15, 0.2) is 0 Å². The highest BCUT2D eigenvalue weighted by atomic mass is 79.9. The molecule has 10 heteroatoms. The first-order valence-electron chi connectivity index (χ1n) is 13.5. The van der Waals surface area contributed by atoms with Crippen LogP contribution in [-0.2, 0) is 32.6 Å². The molecule has 0 saturated heterocycles. The summed E-state index contributed by atoms with van der Waals surface area (Å²) >= 11 is 3.44. The zero-order valence-electron chi connectivity index (χ0n) is 23.9. The molecule has 3 aromatic carbocycles. The molecule has 0 aliphatic heterocycles. The fourth-order valence-corrected chi connectivity index (χ4v) is 5.42. The largest absolute Gasteiger partial charge is 0.492 e. The highest BCUT2D eigenvalue weighted by Crippen LogP contribution is 2.30. The normalized spacial score (nSPS) is 12.0. The molecule has 2 amide bonds. The molecule has 1 atom stereocenters. The Kier molecular flexibility index (Phi) is 11.8. The number of anilines is 1. The van der Waals surface area contributed by atoms with Crippen LogP contribution in [0.3, 0.4) is 0 Å². The highest BCUT2D eigenvalue weighted by Gasteiger charge is 2.33. The Balaban J connectivity index is 2.06. The topological polar surface area (TPSA) is 96.0 Å². The van der Waals surface area contributed by atoms with E-state index >= 15 is 0 Å². The summed E-state index contributed by atoms with van der Waals surface area (Å²) in [6.07, 6.45) is 1.32. The fraction of sp³-hybridized carbons (Fsp3) is 0.355. The SMILES string of the molecule is CCOc1ccccc1N(CC(=O)N(Cc1ccc(Br)cc1)[C@@H](Cc1ccccc1)C(=O)NCC(C)C)S(C)(=O)=O. The molecule has 0 unspecified atom stereocenters. The average molecular weight is 645 g/mol. The van der Waals surface area contributed by atoms with Gasteiger partial charge in [0.1, 0.15) is 18.3 Å². The van der Waals surface area contributed by atoms with Crippen LogP contribution in [0.25, 0.3) is 0 Å². The van der Waals surface area contributed by atoms with Gasteiger partial charge in [0, 0.05) is 24.0 Å². The third-order valence-corrected chi connectivity index (χ3v) is 7.99. The number of carbonyl (C=O) groups is 2. The molecule has 0 heterocycles. The Hall–Kier alpha value is -3.37. The summed E-state index contributed by atoms with van der Waals surface area (Å²) in [5.41, 5.74) is 1.95. The maximum Gasteiger partial charge on any atom is 0.244 e. The quantitative estimate of drug-likeness (QED) is 0.266. The van der Waals surface area contributed by atoms with Crippen LogP contribution in [-0.4, -0.2) is 57.1 Å². The van der Waals surface area contributed by atoms with Crippen molar-refractivity contribution in [1.29, 1.82) is 0 Å². The van der Waals surface area contributed by atoms with Crippen molar-refractivity contribution in [3.8, 4) is 5.75 Å². The number of benzene rings is 3. The molecule has 0 fully saturated rings. The van der Waals surface area contributed by atoms with Gasteiger partial charge in [0.25, 0.3) is 0 Å². The van der Waals surface area contributed by atoms with Crippen LogP contribution < -0.4 is 14.4 Å². The first kappa shape index (κ1) is 32.1. The monoisotopic (exact) mass is 643 g/mol. The van der Waals surface area contributed by atoms with Gasteiger partial charge in [0.05, 0.1) is 18.6 Å². The second-order valence-corrected chi connectivity index (χ2v) is 13.0. The summed E-state index contributed by atoms with van der Waals surface area (Å²) < 4.78 is 33.7. The van der Waals surface area contributed by atoms with Gasteiger partial charge in [-0.15, -0.1) is 0 Å². The number of hydrogen-bond donors (Lipinski definition) is 1. The van der Waals surface area contributed by atoms with Crippen LogP contribution in [0, 0.1) is 5.92 Å². The van der Waals surface area contributed by atoms with Gasteiger partial charge in [-0.25, -0.2) is 8.42 Å². The molecular formula is C31H38BrN3O5S. The van der Waals surface area contributed by atoms with Crippen molar-refractivity contribution in [2.75, 3.05) is 30.3 Å². The van der Waals surface area contributed by atoms with E-state index in [4.69, 9.17) is 4.74 Å². The van der Waals surface area contributed by atoms with Gasteiger partial charge in [-0.1, -0.05) is 84.4 Å². The number of carbonyl (C=O) groups excluding carboxylic acids is 2. The number of nitrogens with zero attached hydrogens (tertiary/aromatic N) is 2. The minimum absolute atomic E-state index is 0.115. The fourth-order valence-electron chi connectivity index (χ4n) is 4.30. The lowest BCUT2D eigenvalue weighted by Gasteiger charge is -2.34. The van der Waals surface area contributed by atoms with Crippen molar-refractivity contribution in [2.24, 2.45) is 5.92 Å². The summed E-state index contributed by atoms with van der Waals surface area (Å²) in [6, 6.07) is 22.8. The molecule has 220 valence electrons. The molecule has 0 aliphatic rings. The van der Waals surface area contributed by atoms with Gasteiger partial charge >= 0.3 is 0 Å². The number of amides is 2. The Bertz CT molecular complexity index is 1400. The Morgan fingerprint density at radius 3 is 2.17 bits per heavy atom. The van der Waals surface area contributed by atoms with Crippen molar-refractivity contribution < 1.29 is 22.7 Å². The number of hydrogen-bond acceptors (Lipinski definition) is 5. The molecule has 0 radical (unpaired) electrons. The minimum Gasteiger partial charge on any atom is -0.492 e. The standard InChI is InChI=1S/C31H38BrN3O5S/c1-5-40-29-14-10-9-13-27(29)35(41(4,38)39)22-30(36)34(21-25-15-17-26(32)18-16-25)28(31(37)33-20-23(2)3)19-24-11-7-6-8-12-24/h6-18,23,28H,5,19-22H2,1-4H3,(H,33,37)/t28-/m0/s1. The number of nitrogens with one attached hydrogen (secondary N) is 1. The smallest absolute Gasteiger partial charge is 0.244 e. The van der Waals surface area contributed by atoms with Crippen LogP contribution in [0.4, 0.5) is 5.69 Å². The number of ether oxygens (including phenoxy) is 1. The van der Waals surface area contributed by atoms with Crippen molar-refractivity contribution in [3.63, 3.8) is 0 Å². The van der Waals surface area contributed by atoms with Gasteiger partial charge < -0.3 is 15.0 Å². The Morgan fingerprint density at radius 2 is 1.56 bits per heavy atom. The van der Waals surface area contributed by atoms with Crippen LogP contribution in [0.2, 0.25) is 0 Å². The second-order valence-electron chi connectivity index (χ2n) is 10.2. The number of sulfonamides is 1. The van der Waals surface area contributed by atoms with Crippen LogP contribution >= 0.6 is 15.9 Å². The molecule has 3 aromatic rings. The van der Waals surface area contributed by atoms with Gasteiger partial charge in [-0.3, -0.25) is 13.9 Å². The molecule has 0 bridgehead atoms. The third kappa shape index (κ3) is 9.60. The van der Waals surface area contributed by atoms with Crippen LogP contribution in [0.15, 0.2) is 83.3 Å². The van der Waals surface area contributed by atoms with E-state index in [0.29, 0.717) is 18.9 Å². The first-order chi connectivity index (χ1) is 19.5. The minimum atomic E-state index is -3.89. The second kappa shape index (κ2) is 15.0. The van der Waals surface area contributed by atoms with Crippen LogP contribution in [0.1, 0.15) is 31.9 Å². The number of rotatable bonds is 14. The first-order valence-corrected chi connectivity index (χ1v) is 16.2. The zero-order chi connectivity index (χ0) is 30.0. The van der Waals surface area contributed by atoms with E-state index in [1.165, 1.54) is 4.90 Å². The van der Waals surface area contributed by atoms with Gasteiger partial charge in [0.2, 0.25) is 21.8 Å². The zero-order valence-corrected chi connectivity index (χ0v) is 26.3. The van der Waals surface area contributed by atoms with E-state index in [0.717, 1.165) is 26.2 Å². The third-order valence-electron chi connectivity index (χ3n) is 6.33. The van der Waals surface area contributed by atoms with E-state index < -0.39 is 28.5 Å². The summed E-state index contributed by atoms with van der Waals surface area (Å²) in [4.78, 5) is 29.3. The Morgan fingerprint density at radius 1 is 0.927 bits per heavy atom. The van der Waals surface area contributed by atoms with Crippen molar-refractivity contribution in [3.05, 3.63) is 94.5 Å². The highest BCUT2D eigenvalue weighted by molar-refractivity contribution is 9.10. The average Bonchev–Trinajstić information content (AvgIpc) is 2.93. The molecule has 0 saturated carbocycles. The summed E-state index contributed by atoms with van der Waals surface area (Å²) in [5.74, 6) is -0.246. The predicted molar refractivity (Wildman–Crippen MR) is 166 cm³/mol.